The fourth-order valence-corrected chi connectivity index (χ4v) is 3.35. The first-order chi connectivity index (χ1) is 13.2. The van der Waals surface area contributed by atoms with E-state index in [-0.39, 0.29) is 17.8 Å². The fourth-order valence-electron chi connectivity index (χ4n) is 3.35. The van der Waals surface area contributed by atoms with Crippen molar-refractivity contribution >= 4 is 11.7 Å². The molecule has 0 amide bonds. The number of anilines is 1. The van der Waals surface area contributed by atoms with Crippen molar-refractivity contribution in [3.63, 3.8) is 0 Å². The smallest absolute Gasteiger partial charge is 0.325 e. The molecule has 6 heteroatoms. The number of rotatable bonds is 7. The zero-order valence-electron chi connectivity index (χ0n) is 15.5. The third-order valence-electron chi connectivity index (χ3n) is 4.66. The van der Waals surface area contributed by atoms with Gasteiger partial charge in [-0.2, -0.15) is 0 Å². The van der Waals surface area contributed by atoms with E-state index in [4.69, 9.17) is 9.47 Å². The van der Waals surface area contributed by atoms with E-state index in [1.54, 1.807) is 18.2 Å². The second kappa shape index (κ2) is 9.39. The van der Waals surface area contributed by atoms with Gasteiger partial charge in [-0.15, -0.1) is 0 Å². The first-order valence-electron chi connectivity index (χ1n) is 9.28. The lowest BCUT2D eigenvalue weighted by Gasteiger charge is -2.38. The van der Waals surface area contributed by atoms with Crippen LogP contribution in [0.15, 0.2) is 54.6 Å². The Kier molecular flexibility index (Phi) is 6.68. The Balaban J connectivity index is 1.98. The predicted octanol–water partition coefficient (Wildman–Crippen LogP) is 2.81. The van der Waals surface area contributed by atoms with Gasteiger partial charge in [0, 0.05) is 13.1 Å². The summed E-state index contributed by atoms with van der Waals surface area (Å²) in [6, 6.07) is 15.9. The van der Waals surface area contributed by atoms with E-state index in [9.17, 15) is 9.90 Å². The molecule has 3 rings (SSSR count). The Morgan fingerprint density at radius 3 is 2.48 bits per heavy atom. The van der Waals surface area contributed by atoms with Gasteiger partial charge in [-0.05, 0) is 24.6 Å². The fraction of sp³-hybridized carbons (Fsp3) is 0.381. The molecule has 0 spiro atoms. The van der Waals surface area contributed by atoms with Crippen LogP contribution in [0.25, 0.3) is 0 Å². The molecule has 0 unspecified atom stereocenters. The van der Waals surface area contributed by atoms with Gasteiger partial charge in [-0.1, -0.05) is 42.5 Å². The van der Waals surface area contributed by atoms with E-state index >= 15 is 0 Å². The number of morpholine rings is 1. The van der Waals surface area contributed by atoms with Gasteiger partial charge in [0.05, 0.1) is 31.5 Å². The van der Waals surface area contributed by atoms with Gasteiger partial charge in [0.25, 0.3) is 0 Å². The molecule has 1 aliphatic rings. The van der Waals surface area contributed by atoms with Crippen LogP contribution in [0.2, 0.25) is 0 Å². The molecule has 2 N–H and O–H groups in total. The number of para-hydroxylation sites is 2. The van der Waals surface area contributed by atoms with Crippen LogP contribution in [0.3, 0.4) is 0 Å². The summed E-state index contributed by atoms with van der Waals surface area (Å²) in [6.45, 7) is 4.58. The molecular formula is C21H26N2O4. The molecule has 2 aromatic rings. The van der Waals surface area contributed by atoms with Gasteiger partial charge < -0.3 is 19.9 Å². The quantitative estimate of drug-likeness (QED) is 0.577. The Morgan fingerprint density at radius 1 is 1.15 bits per heavy atom. The molecule has 144 valence electrons. The van der Waals surface area contributed by atoms with Crippen molar-refractivity contribution in [3.05, 3.63) is 60.2 Å². The molecule has 1 heterocycles. The highest BCUT2D eigenvalue weighted by Crippen LogP contribution is 2.31. The highest BCUT2D eigenvalue weighted by Gasteiger charge is 2.37. The largest absolute Gasteiger partial charge is 0.506 e. The summed E-state index contributed by atoms with van der Waals surface area (Å²) in [6.07, 6.45) is 0. The molecule has 0 bridgehead atoms. The molecule has 1 fully saturated rings. The van der Waals surface area contributed by atoms with Crippen LogP contribution in [-0.2, 0) is 14.3 Å². The molecule has 1 aliphatic heterocycles. The van der Waals surface area contributed by atoms with E-state index in [0.29, 0.717) is 38.6 Å². The summed E-state index contributed by atoms with van der Waals surface area (Å²) in [5, 5.41) is 13.6. The molecule has 0 radical (unpaired) electrons. The monoisotopic (exact) mass is 370 g/mol. The second-order valence-electron chi connectivity index (χ2n) is 6.40. The van der Waals surface area contributed by atoms with Crippen molar-refractivity contribution in [2.45, 2.75) is 19.0 Å². The molecule has 2 atom stereocenters. The number of phenolic OH excluding ortho intramolecular Hbond substituents is 1. The Labute approximate surface area is 159 Å². The zero-order chi connectivity index (χ0) is 19.1. The Bertz CT molecular complexity index is 732. The number of carbonyl (C=O) groups excluding carboxylic acids is 1. The van der Waals surface area contributed by atoms with E-state index in [0.717, 1.165) is 5.56 Å². The van der Waals surface area contributed by atoms with Crippen LogP contribution in [0.4, 0.5) is 5.69 Å². The van der Waals surface area contributed by atoms with Crippen molar-refractivity contribution in [3.8, 4) is 5.75 Å². The summed E-state index contributed by atoms with van der Waals surface area (Å²) in [5.74, 6) is -0.140. The minimum Gasteiger partial charge on any atom is -0.506 e. The average molecular weight is 370 g/mol. The van der Waals surface area contributed by atoms with Crippen LogP contribution in [0.1, 0.15) is 18.5 Å². The van der Waals surface area contributed by atoms with Gasteiger partial charge in [0.1, 0.15) is 11.8 Å². The lowest BCUT2D eigenvalue weighted by atomic mass is 9.96. The van der Waals surface area contributed by atoms with Crippen LogP contribution in [0.5, 0.6) is 5.75 Å². The van der Waals surface area contributed by atoms with Crippen LogP contribution < -0.4 is 5.32 Å². The van der Waals surface area contributed by atoms with Crippen LogP contribution in [0, 0.1) is 0 Å². The number of nitrogens with zero attached hydrogens (tertiary/aromatic N) is 1. The highest BCUT2D eigenvalue weighted by atomic mass is 16.5. The van der Waals surface area contributed by atoms with Gasteiger partial charge in [-0.3, -0.25) is 9.69 Å². The molecule has 0 saturated carbocycles. The number of esters is 1. The third-order valence-corrected chi connectivity index (χ3v) is 4.66. The van der Waals surface area contributed by atoms with E-state index in [1.807, 2.05) is 43.3 Å². The number of ether oxygens (including phenoxy) is 2. The maximum Gasteiger partial charge on any atom is 0.325 e. The average Bonchev–Trinajstić information content (AvgIpc) is 2.71. The summed E-state index contributed by atoms with van der Waals surface area (Å²) < 4.78 is 10.9. The van der Waals surface area contributed by atoms with E-state index in [2.05, 4.69) is 10.2 Å². The normalized spacial score (nSPS) is 17.1. The summed E-state index contributed by atoms with van der Waals surface area (Å²) >= 11 is 0. The maximum atomic E-state index is 12.9. The topological polar surface area (TPSA) is 71.0 Å². The first-order valence-corrected chi connectivity index (χ1v) is 9.28. The lowest BCUT2D eigenvalue weighted by Crippen LogP contribution is -2.52. The van der Waals surface area contributed by atoms with Crippen LogP contribution in [-0.4, -0.2) is 54.9 Å². The minimum absolute atomic E-state index is 0.142. The number of aromatic hydroxyl groups is 1. The SMILES string of the molecule is CCOC(=O)[C@@H]([C@@H](Nc1ccccc1O)c1ccccc1)N1CCOCC1. The number of phenols is 1. The molecule has 6 nitrogen and oxygen atoms in total. The van der Waals surface area contributed by atoms with E-state index in [1.165, 1.54) is 0 Å². The van der Waals surface area contributed by atoms with Crippen molar-refractivity contribution in [1.82, 2.24) is 4.90 Å². The molecule has 0 aromatic heterocycles. The van der Waals surface area contributed by atoms with Crippen molar-refractivity contribution < 1.29 is 19.4 Å². The van der Waals surface area contributed by atoms with Crippen LogP contribution >= 0.6 is 0 Å². The predicted molar refractivity (Wildman–Crippen MR) is 104 cm³/mol. The molecule has 1 saturated heterocycles. The van der Waals surface area contributed by atoms with Crippen molar-refractivity contribution in [2.75, 3.05) is 38.2 Å². The van der Waals surface area contributed by atoms with Gasteiger partial charge in [0.15, 0.2) is 0 Å². The lowest BCUT2D eigenvalue weighted by molar-refractivity contribution is -0.152. The number of benzene rings is 2. The minimum atomic E-state index is -0.532. The number of hydrogen-bond acceptors (Lipinski definition) is 6. The van der Waals surface area contributed by atoms with E-state index < -0.39 is 6.04 Å². The van der Waals surface area contributed by atoms with Gasteiger partial charge in [-0.25, -0.2) is 0 Å². The summed E-state index contributed by atoms with van der Waals surface area (Å²) in [7, 11) is 0. The molecule has 2 aromatic carbocycles. The highest BCUT2D eigenvalue weighted by molar-refractivity contribution is 5.78. The zero-order valence-corrected chi connectivity index (χ0v) is 15.5. The first kappa shape index (κ1) is 19.2. The third kappa shape index (κ3) is 4.78. The number of hydrogen-bond donors (Lipinski definition) is 2. The number of nitrogens with one attached hydrogen (secondary N) is 1. The second-order valence-corrected chi connectivity index (χ2v) is 6.40. The van der Waals surface area contributed by atoms with Gasteiger partial charge >= 0.3 is 5.97 Å². The number of carbonyl (C=O) groups is 1. The standard InChI is InChI=1S/C21H26N2O4/c1-2-27-21(25)20(23-12-14-26-15-13-23)19(16-8-4-3-5-9-16)22-17-10-6-7-11-18(17)24/h3-11,19-20,22,24H,2,12-15H2,1H3/t19-,20+/m0/s1. The van der Waals surface area contributed by atoms with Crippen molar-refractivity contribution in [1.29, 1.82) is 0 Å². The molecular weight excluding hydrogens is 344 g/mol. The molecule has 0 aliphatic carbocycles. The maximum absolute atomic E-state index is 12.9. The Morgan fingerprint density at radius 2 is 1.81 bits per heavy atom. The molecule has 27 heavy (non-hydrogen) atoms. The Hall–Kier alpha value is -2.57. The van der Waals surface area contributed by atoms with Gasteiger partial charge in [0.2, 0.25) is 0 Å². The summed E-state index contributed by atoms with van der Waals surface area (Å²) in [5.41, 5.74) is 1.53. The summed E-state index contributed by atoms with van der Waals surface area (Å²) in [4.78, 5) is 15.0. The van der Waals surface area contributed by atoms with Crippen molar-refractivity contribution in [2.24, 2.45) is 0 Å².